The quantitative estimate of drug-likeness (QED) is 0.241. The highest BCUT2D eigenvalue weighted by molar-refractivity contribution is 14.0. The molecule has 1 aromatic carbocycles. The molecule has 27 heavy (non-hydrogen) atoms. The van der Waals surface area contributed by atoms with Crippen LogP contribution in [0.25, 0.3) is 0 Å². The lowest BCUT2D eigenvalue weighted by Gasteiger charge is -2.34. The molecule has 1 unspecified atom stereocenters. The zero-order valence-electron chi connectivity index (χ0n) is 16.9. The van der Waals surface area contributed by atoms with Gasteiger partial charge in [-0.25, -0.2) is 0 Å². The van der Waals surface area contributed by atoms with Crippen molar-refractivity contribution in [3.63, 3.8) is 0 Å². The largest absolute Gasteiger partial charge is 0.380 e. The van der Waals surface area contributed by atoms with Crippen LogP contribution >= 0.6 is 24.0 Å². The van der Waals surface area contributed by atoms with E-state index < -0.39 is 0 Å². The average Bonchev–Trinajstić information content (AvgIpc) is 2.67. The van der Waals surface area contributed by atoms with Crippen molar-refractivity contribution in [2.45, 2.75) is 26.8 Å². The Morgan fingerprint density at radius 1 is 1.19 bits per heavy atom. The Balaban J connectivity index is 0.00000364. The Kier molecular flexibility index (Phi) is 12.6. The van der Waals surface area contributed by atoms with Crippen molar-refractivity contribution in [1.29, 1.82) is 0 Å². The summed E-state index contributed by atoms with van der Waals surface area (Å²) in [6, 6.07) is 9.07. The fraction of sp³-hybridized carbons (Fsp3) is 0.650. The van der Waals surface area contributed by atoms with E-state index in [0.717, 1.165) is 52.0 Å². The SMILES string of the molecule is CCNC(=NCC(c1ccc(C)cc1)N1CCOCC1)NCCOCC.I. The van der Waals surface area contributed by atoms with Crippen molar-refractivity contribution in [2.75, 3.05) is 59.2 Å². The molecule has 1 aliphatic rings. The minimum absolute atomic E-state index is 0. The van der Waals surface area contributed by atoms with Crippen LogP contribution in [0, 0.1) is 6.92 Å². The van der Waals surface area contributed by atoms with Crippen molar-refractivity contribution in [3.8, 4) is 0 Å². The van der Waals surface area contributed by atoms with Gasteiger partial charge in [-0.3, -0.25) is 9.89 Å². The third kappa shape index (κ3) is 8.76. The van der Waals surface area contributed by atoms with Crippen LogP contribution < -0.4 is 10.6 Å². The molecule has 7 heteroatoms. The highest BCUT2D eigenvalue weighted by Crippen LogP contribution is 2.22. The van der Waals surface area contributed by atoms with Crippen molar-refractivity contribution in [3.05, 3.63) is 35.4 Å². The van der Waals surface area contributed by atoms with Crippen molar-refractivity contribution in [1.82, 2.24) is 15.5 Å². The predicted molar refractivity (Wildman–Crippen MR) is 122 cm³/mol. The second-order valence-corrected chi connectivity index (χ2v) is 6.42. The van der Waals surface area contributed by atoms with Crippen LogP contribution in [0.5, 0.6) is 0 Å². The van der Waals surface area contributed by atoms with Crippen LogP contribution in [0.4, 0.5) is 0 Å². The van der Waals surface area contributed by atoms with Gasteiger partial charge < -0.3 is 20.1 Å². The van der Waals surface area contributed by atoms with Gasteiger partial charge in [-0.1, -0.05) is 29.8 Å². The molecule has 0 bridgehead atoms. The molecular formula is C20H35IN4O2. The van der Waals surface area contributed by atoms with Crippen molar-refractivity contribution >= 4 is 29.9 Å². The van der Waals surface area contributed by atoms with Crippen LogP contribution in [-0.2, 0) is 9.47 Å². The average molecular weight is 490 g/mol. The summed E-state index contributed by atoms with van der Waals surface area (Å²) in [7, 11) is 0. The molecule has 0 aliphatic carbocycles. The van der Waals surface area contributed by atoms with Crippen LogP contribution in [0.15, 0.2) is 29.3 Å². The molecule has 0 amide bonds. The number of benzene rings is 1. The summed E-state index contributed by atoms with van der Waals surface area (Å²) in [5.41, 5.74) is 2.59. The Bertz CT molecular complexity index is 533. The first-order chi connectivity index (χ1) is 12.7. The number of nitrogens with zero attached hydrogens (tertiary/aromatic N) is 2. The molecule has 1 aliphatic heterocycles. The topological polar surface area (TPSA) is 58.1 Å². The number of rotatable bonds is 9. The minimum Gasteiger partial charge on any atom is -0.380 e. The van der Waals surface area contributed by atoms with Crippen LogP contribution in [-0.4, -0.2) is 70.0 Å². The monoisotopic (exact) mass is 490 g/mol. The van der Waals surface area contributed by atoms with Gasteiger partial charge in [0.15, 0.2) is 5.96 Å². The highest BCUT2D eigenvalue weighted by atomic mass is 127. The van der Waals surface area contributed by atoms with Crippen molar-refractivity contribution in [2.24, 2.45) is 4.99 Å². The highest BCUT2D eigenvalue weighted by Gasteiger charge is 2.22. The van der Waals surface area contributed by atoms with Gasteiger partial charge in [0, 0.05) is 32.8 Å². The van der Waals surface area contributed by atoms with E-state index in [1.807, 2.05) is 6.92 Å². The second-order valence-electron chi connectivity index (χ2n) is 6.42. The first-order valence-electron chi connectivity index (χ1n) is 9.72. The minimum atomic E-state index is 0. The predicted octanol–water partition coefficient (Wildman–Crippen LogP) is 2.58. The molecule has 1 fully saturated rings. The third-order valence-corrected chi connectivity index (χ3v) is 4.46. The zero-order chi connectivity index (χ0) is 18.6. The van der Waals surface area contributed by atoms with E-state index in [1.165, 1.54) is 11.1 Å². The summed E-state index contributed by atoms with van der Waals surface area (Å²) >= 11 is 0. The van der Waals surface area contributed by atoms with E-state index >= 15 is 0 Å². The third-order valence-electron chi connectivity index (χ3n) is 4.46. The molecular weight excluding hydrogens is 455 g/mol. The van der Waals surface area contributed by atoms with Gasteiger partial charge in [-0.15, -0.1) is 24.0 Å². The fourth-order valence-corrected chi connectivity index (χ4v) is 3.01. The van der Waals surface area contributed by atoms with E-state index in [4.69, 9.17) is 14.5 Å². The number of aryl methyl sites for hydroxylation is 1. The maximum absolute atomic E-state index is 5.53. The molecule has 0 saturated carbocycles. The molecule has 2 N–H and O–H groups in total. The molecule has 1 aromatic rings. The fourth-order valence-electron chi connectivity index (χ4n) is 3.01. The molecule has 6 nitrogen and oxygen atoms in total. The summed E-state index contributed by atoms with van der Waals surface area (Å²) in [6.07, 6.45) is 0. The van der Waals surface area contributed by atoms with Crippen LogP contribution in [0.2, 0.25) is 0 Å². The van der Waals surface area contributed by atoms with E-state index in [1.54, 1.807) is 0 Å². The number of guanidine groups is 1. The number of halogens is 1. The van der Waals surface area contributed by atoms with E-state index in [0.29, 0.717) is 13.2 Å². The summed E-state index contributed by atoms with van der Waals surface area (Å²) < 4.78 is 10.9. The molecule has 2 rings (SSSR count). The lowest BCUT2D eigenvalue weighted by molar-refractivity contribution is 0.0179. The van der Waals surface area contributed by atoms with E-state index in [2.05, 4.69) is 53.6 Å². The molecule has 0 aromatic heterocycles. The lowest BCUT2D eigenvalue weighted by Crippen LogP contribution is -2.42. The summed E-state index contributed by atoms with van der Waals surface area (Å²) in [5.74, 6) is 0.845. The number of nitrogens with one attached hydrogen (secondary N) is 2. The molecule has 1 atom stereocenters. The van der Waals surface area contributed by atoms with Gasteiger partial charge >= 0.3 is 0 Å². The normalized spacial score (nSPS) is 16.5. The summed E-state index contributed by atoms with van der Waals surface area (Å²) in [4.78, 5) is 7.32. The standard InChI is InChI=1S/C20H34N4O2.HI/c1-4-21-20(22-10-13-25-5-2)23-16-19(24-11-14-26-15-12-24)18-8-6-17(3)7-9-18;/h6-9,19H,4-5,10-16H2,1-3H3,(H2,21,22,23);1H. The van der Waals surface area contributed by atoms with Gasteiger partial charge in [0.1, 0.15) is 0 Å². The number of ether oxygens (including phenoxy) is 2. The number of aliphatic imine (C=N–C) groups is 1. The smallest absolute Gasteiger partial charge is 0.191 e. The van der Waals surface area contributed by atoms with Gasteiger partial charge in [-0.05, 0) is 26.3 Å². The van der Waals surface area contributed by atoms with Gasteiger partial charge in [-0.2, -0.15) is 0 Å². The maximum atomic E-state index is 5.53. The zero-order valence-corrected chi connectivity index (χ0v) is 19.2. The van der Waals surface area contributed by atoms with Gasteiger partial charge in [0.2, 0.25) is 0 Å². The van der Waals surface area contributed by atoms with E-state index in [-0.39, 0.29) is 30.0 Å². The van der Waals surface area contributed by atoms with Crippen molar-refractivity contribution < 1.29 is 9.47 Å². The van der Waals surface area contributed by atoms with Gasteiger partial charge in [0.25, 0.3) is 0 Å². The Labute approximate surface area is 181 Å². The Morgan fingerprint density at radius 3 is 2.52 bits per heavy atom. The Morgan fingerprint density at radius 2 is 1.89 bits per heavy atom. The maximum Gasteiger partial charge on any atom is 0.191 e. The number of hydrogen-bond acceptors (Lipinski definition) is 4. The van der Waals surface area contributed by atoms with Crippen LogP contribution in [0.3, 0.4) is 0 Å². The second kappa shape index (κ2) is 14.1. The number of morpholine rings is 1. The Hall–Kier alpha value is -0.900. The summed E-state index contributed by atoms with van der Waals surface area (Å²) in [5, 5.41) is 6.66. The molecule has 154 valence electrons. The molecule has 1 saturated heterocycles. The first-order valence-corrected chi connectivity index (χ1v) is 9.72. The molecule has 0 spiro atoms. The first kappa shape index (κ1) is 24.1. The molecule has 1 heterocycles. The lowest BCUT2D eigenvalue weighted by atomic mass is 10.0. The number of hydrogen-bond donors (Lipinski definition) is 2. The molecule has 0 radical (unpaired) electrons. The van der Waals surface area contributed by atoms with E-state index in [9.17, 15) is 0 Å². The summed E-state index contributed by atoms with van der Waals surface area (Å²) in [6.45, 7) is 13.4. The van der Waals surface area contributed by atoms with Crippen LogP contribution in [0.1, 0.15) is 31.0 Å². The van der Waals surface area contributed by atoms with Gasteiger partial charge in [0.05, 0.1) is 32.4 Å².